The lowest BCUT2D eigenvalue weighted by molar-refractivity contribution is 0.0397. The van der Waals surface area contributed by atoms with E-state index in [1.807, 2.05) is 20.8 Å². The van der Waals surface area contributed by atoms with E-state index in [0.717, 1.165) is 0 Å². The first kappa shape index (κ1) is 18.2. The number of hydrogen-bond donors (Lipinski definition) is 0. The summed E-state index contributed by atoms with van der Waals surface area (Å²) in [6, 6.07) is 8.86. The number of methoxy groups -OCH3 is 1. The predicted octanol–water partition coefficient (Wildman–Crippen LogP) is 5.41. The molecule has 0 bridgehead atoms. The number of hydrogen-bond acceptors (Lipinski definition) is 1. The van der Waals surface area contributed by atoms with Crippen molar-refractivity contribution >= 4 is 0 Å². The summed E-state index contributed by atoms with van der Waals surface area (Å²) in [5, 5.41) is 0. The Bertz CT molecular complexity index is 335. The van der Waals surface area contributed by atoms with E-state index >= 15 is 0 Å². The van der Waals surface area contributed by atoms with E-state index in [1.54, 1.807) is 7.11 Å². The van der Waals surface area contributed by atoms with Crippen LogP contribution in [0.3, 0.4) is 0 Å². The number of benzene rings is 1. The summed E-state index contributed by atoms with van der Waals surface area (Å²) < 4.78 is 4.94. The van der Waals surface area contributed by atoms with E-state index in [4.69, 9.17) is 4.74 Å². The van der Waals surface area contributed by atoms with Gasteiger partial charge < -0.3 is 4.74 Å². The molecule has 0 spiro atoms. The van der Waals surface area contributed by atoms with Gasteiger partial charge in [-0.25, -0.2) is 0 Å². The van der Waals surface area contributed by atoms with Crippen LogP contribution in [0.1, 0.15) is 59.1 Å². The first-order valence-electron chi connectivity index (χ1n) is 7.14. The van der Waals surface area contributed by atoms with Crippen LogP contribution in [0.2, 0.25) is 0 Å². The van der Waals surface area contributed by atoms with Gasteiger partial charge in [0.2, 0.25) is 0 Å². The second kappa shape index (κ2) is 7.69. The Hall–Kier alpha value is -0.820. The smallest absolute Gasteiger partial charge is 0.0594 e. The van der Waals surface area contributed by atoms with Gasteiger partial charge in [0.25, 0.3) is 0 Å². The molecule has 1 nitrogen and oxygen atoms in total. The molecule has 0 aliphatic rings. The molecule has 19 heavy (non-hydrogen) atoms. The minimum Gasteiger partial charge on any atom is -0.379 e. The van der Waals surface area contributed by atoms with Crippen molar-refractivity contribution in [2.75, 3.05) is 7.11 Å². The molecule has 0 amide bonds. The molecule has 0 aromatic heterocycles. The van der Waals surface area contributed by atoms with Crippen LogP contribution in [-0.4, -0.2) is 12.7 Å². The van der Waals surface area contributed by atoms with Gasteiger partial charge in [0.05, 0.1) is 5.60 Å². The van der Waals surface area contributed by atoms with Crippen LogP contribution in [0.5, 0.6) is 0 Å². The van der Waals surface area contributed by atoms with Crippen LogP contribution in [0.15, 0.2) is 24.3 Å². The third-order valence-corrected chi connectivity index (χ3v) is 2.90. The van der Waals surface area contributed by atoms with Crippen LogP contribution < -0.4 is 0 Å². The predicted molar refractivity (Wildman–Crippen MR) is 85.7 cm³/mol. The van der Waals surface area contributed by atoms with Crippen molar-refractivity contribution in [3.05, 3.63) is 35.4 Å². The molecule has 0 N–H and O–H groups in total. The van der Waals surface area contributed by atoms with Gasteiger partial charge in [-0.05, 0) is 51.5 Å². The molecule has 0 unspecified atom stereocenters. The summed E-state index contributed by atoms with van der Waals surface area (Å²) in [5.74, 6) is 0. The molecule has 110 valence electrons. The lowest BCUT2D eigenvalue weighted by Gasteiger charge is -2.17. The summed E-state index contributed by atoms with van der Waals surface area (Å²) in [6.07, 6.45) is 2.46. The van der Waals surface area contributed by atoms with Gasteiger partial charge in [0.15, 0.2) is 0 Å². The molecular weight excluding hydrogens is 232 g/mol. The van der Waals surface area contributed by atoms with Gasteiger partial charge in [-0.1, -0.05) is 50.6 Å². The van der Waals surface area contributed by atoms with Gasteiger partial charge in [0, 0.05) is 7.11 Å². The van der Waals surface area contributed by atoms with Crippen molar-refractivity contribution in [2.24, 2.45) is 5.41 Å². The minimum absolute atomic E-state index is 0.0417. The molecule has 0 heterocycles. The Kier molecular flexibility index (Phi) is 7.36. The maximum atomic E-state index is 4.94. The highest BCUT2D eigenvalue weighted by Crippen LogP contribution is 2.21. The second-order valence-electron chi connectivity index (χ2n) is 7.36. The fourth-order valence-corrected chi connectivity index (χ4v) is 1.27. The van der Waals surface area contributed by atoms with E-state index < -0.39 is 0 Å². The van der Waals surface area contributed by atoms with Gasteiger partial charge in [0.1, 0.15) is 0 Å². The largest absolute Gasteiger partial charge is 0.379 e. The lowest BCUT2D eigenvalue weighted by Crippen LogP contribution is -2.15. The second-order valence-corrected chi connectivity index (χ2v) is 7.36. The Morgan fingerprint density at radius 3 is 1.63 bits per heavy atom. The maximum Gasteiger partial charge on any atom is 0.0594 e. The number of ether oxygens (including phenoxy) is 1. The van der Waals surface area contributed by atoms with Crippen LogP contribution in [0.25, 0.3) is 0 Å². The van der Waals surface area contributed by atoms with Crippen molar-refractivity contribution < 1.29 is 4.74 Å². The van der Waals surface area contributed by atoms with Crippen molar-refractivity contribution in [1.82, 2.24) is 0 Å². The van der Waals surface area contributed by atoms with E-state index in [9.17, 15) is 0 Å². The highest BCUT2D eigenvalue weighted by molar-refractivity contribution is 5.21. The van der Waals surface area contributed by atoms with E-state index in [2.05, 4.69) is 52.0 Å². The maximum absolute atomic E-state index is 4.94. The Morgan fingerprint density at radius 1 is 0.895 bits per heavy atom. The molecule has 0 aliphatic heterocycles. The molecule has 1 rings (SSSR count). The molecule has 0 saturated carbocycles. The first-order chi connectivity index (χ1) is 8.53. The van der Waals surface area contributed by atoms with Crippen LogP contribution in [0.4, 0.5) is 0 Å². The summed E-state index contributed by atoms with van der Waals surface area (Å²) in [6.45, 7) is 15.1. The average molecular weight is 264 g/mol. The average Bonchev–Trinajstić information content (AvgIpc) is 2.27. The molecule has 0 saturated heterocycles. The fraction of sp³-hybridized carbons (Fsp3) is 0.667. The van der Waals surface area contributed by atoms with E-state index in [-0.39, 0.29) is 5.60 Å². The number of rotatable bonds is 2. The van der Waals surface area contributed by atoms with Crippen molar-refractivity contribution in [1.29, 1.82) is 0 Å². The zero-order valence-corrected chi connectivity index (χ0v) is 14.1. The Morgan fingerprint density at radius 2 is 1.32 bits per heavy atom. The molecule has 1 aromatic rings. The zero-order chi connectivity index (χ0) is 15.1. The fourth-order valence-electron chi connectivity index (χ4n) is 1.27. The minimum atomic E-state index is 0.0417. The Balaban J connectivity index is 0.000000459. The van der Waals surface area contributed by atoms with Gasteiger partial charge >= 0.3 is 0 Å². The van der Waals surface area contributed by atoms with E-state index in [1.165, 1.54) is 24.0 Å². The molecule has 1 aromatic carbocycles. The SMILES string of the molecule is COC(C)(C)C.Cc1ccc(CCC(C)(C)C)cc1. The van der Waals surface area contributed by atoms with Crippen molar-refractivity contribution in [2.45, 2.75) is 66.9 Å². The topological polar surface area (TPSA) is 9.23 Å². The normalized spacial score (nSPS) is 11.8. The Labute approximate surface area is 120 Å². The standard InChI is InChI=1S/C13H20.C5H12O/c1-11-5-7-12(8-6-11)9-10-13(2,3)4;1-5(2,3)6-4/h5-8H,9-10H2,1-4H3;1-4H3. The zero-order valence-electron chi connectivity index (χ0n) is 14.1. The monoisotopic (exact) mass is 264 g/mol. The van der Waals surface area contributed by atoms with Gasteiger partial charge in [-0.15, -0.1) is 0 Å². The third kappa shape index (κ3) is 12.0. The van der Waals surface area contributed by atoms with Gasteiger partial charge in [-0.2, -0.15) is 0 Å². The summed E-state index contributed by atoms with van der Waals surface area (Å²) in [4.78, 5) is 0. The highest BCUT2D eigenvalue weighted by Gasteiger charge is 2.09. The lowest BCUT2D eigenvalue weighted by atomic mass is 9.88. The highest BCUT2D eigenvalue weighted by atomic mass is 16.5. The quantitative estimate of drug-likeness (QED) is 0.694. The van der Waals surface area contributed by atoms with Crippen LogP contribution in [-0.2, 0) is 11.2 Å². The van der Waals surface area contributed by atoms with E-state index in [0.29, 0.717) is 5.41 Å². The summed E-state index contributed by atoms with van der Waals surface area (Å²) in [5.41, 5.74) is 3.30. The van der Waals surface area contributed by atoms with Crippen molar-refractivity contribution in [3.8, 4) is 0 Å². The number of aryl methyl sites for hydroxylation is 2. The molecule has 0 atom stereocenters. The summed E-state index contributed by atoms with van der Waals surface area (Å²) in [7, 11) is 1.71. The molecular formula is C18H32O. The van der Waals surface area contributed by atoms with Crippen LogP contribution >= 0.6 is 0 Å². The van der Waals surface area contributed by atoms with Crippen LogP contribution in [0, 0.1) is 12.3 Å². The van der Waals surface area contributed by atoms with Gasteiger partial charge in [-0.3, -0.25) is 0 Å². The molecule has 0 radical (unpaired) electrons. The third-order valence-electron chi connectivity index (χ3n) is 2.90. The molecule has 0 aliphatic carbocycles. The van der Waals surface area contributed by atoms with Crippen molar-refractivity contribution in [3.63, 3.8) is 0 Å². The molecule has 1 heteroatoms. The first-order valence-corrected chi connectivity index (χ1v) is 7.14. The summed E-state index contributed by atoms with van der Waals surface area (Å²) >= 11 is 0. The molecule has 0 fully saturated rings.